The van der Waals surface area contributed by atoms with Crippen molar-refractivity contribution in [1.29, 1.82) is 0 Å². The standard InChI is InChI=1S/C7H10O3/c1-6(4-8)2-3-7(10)5-9/h4-6H,2-3H2,1H3. The van der Waals surface area contributed by atoms with Crippen molar-refractivity contribution in [2.45, 2.75) is 19.8 Å². The Morgan fingerprint density at radius 3 is 2.50 bits per heavy atom. The van der Waals surface area contributed by atoms with Crippen molar-refractivity contribution in [2.24, 2.45) is 5.92 Å². The maximum absolute atomic E-state index is 10.3. The molecule has 0 aliphatic rings. The van der Waals surface area contributed by atoms with E-state index < -0.39 is 5.78 Å². The van der Waals surface area contributed by atoms with Gasteiger partial charge in [0.05, 0.1) is 0 Å². The lowest BCUT2D eigenvalue weighted by molar-refractivity contribution is -0.130. The van der Waals surface area contributed by atoms with Gasteiger partial charge in [-0.3, -0.25) is 9.59 Å². The van der Waals surface area contributed by atoms with Crippen LogP contribution in [0.25, 0.3) is 0 Å². The number of carbonyl (C=O) groups excluding carboxylic acids is 3. The zero-order chi connectivity index (χ0) is 7.98. The molecule has 0 radical (unpaired) electrons. The summed E-state index contributed by atoms with van der Waals surface area (Å²) in [7, 11) is 0. The third kappa shape index (κ3) is 3.95. The molecule has 1 atom stereocenters. The number of hydrogen-bond acceptors (Lipinski definition) is 3. The van der Waals surface area contributed by atoms with Gasteiger partial charge in [0.25, 0.3) is 0 Å². The number of aldehydes is 2. The fourth-order valence-corrected chi connectivity index (χ4v) is 0.497. The highest BCUT2D eigenvalue weighted by Crippen LogP contribution is 2.00. The average molecular weight is 142 g/mol. The zero-order valence-electron chi connectivity index (χ0n) is 5.87. The summed E-state index contributed by atoms with van der Waals surface area (Å²) in [6.45, 7) is 1.71. The lowest BCUT2D eigenvalue weighted by atomic mass is 10.1. The van der Waals surface area contributed by atoms with Crippen molar-refractivity contribution in [3.63, 3.8) is 0 Å². The minimum Gasteiger partial charge on any atom is -0.303 e. The van der Waals surface area contributed by atoms with E-state index in [0.29, 0.717) is 6.42 Å². The molecule has 0 spiro atoms. The second kappa shape index (κ2) is 4.85. The van der Waals surface area contributed by atoms with Crippen molar-refractivity contribution >= 4 is 18.4 Å². The Hall–Kier alpha value is -0.990. The number of hydrogen-bond donors (Lipinski definition) is 0. The molecule has 3 heteroatoms. The summed E-state index contributed by atoms with van der Waals surface area (Å²) >= 11 is 0. The molecule has 0 amide bonds. The first-order valence-corrected chi connectivity index (χ1v) is 3.14. The lowest BCUT2D eigenvalue weighted by Gasteiger charge is -1.97. The maximum atomic E-state index is 10.3. The number of Topliss-reactive ketones (excluding diaryl/α,β-unsaturated/α-hetero) is 1. The molecule has 10 heavy (non-hydrogen) atoms. The smallest absolute Gasteiger partial charge is 0.195 e. The zero-order valence-corrected chi connectivity index (χ0v) is 5.87. The second-order valence-corrected chi connectivity index (χ2v) is 2.24. The van der Waals surface area contributed by atoms with E-state index in [9.17, 15) is 14.4 Å². The quantitative estimate of drug-likeness (QED) is 0.411. The highest BCUT2D eigenvalue weighted by atomic mass is 16.2. The largest absolute Gasteiger partial charge is 0.303 e. The topological polar surface area (TPSA) is 51.2 Å². The van der Waals surface area contributed by atoms with Gasteiger partial charge < -0.3 is 4.79 Å². The minimum absolute atomic E-state index is 0.121. The second-order valence-electron chi connectivity index (χ2n) is 2.24. The summed E-state index contributed by atoms with van der Waals surface area (Å²) in [6.07, 6.45) is 1.72. The molecule has 0 aliphatic carbocycles. The third-order valence-corrected chi connectivity index (χ3v) is 1.21. The Balaban J connectivity index is 3.43. The van der Waals surface area contributed by atoms with Gasteiger partial charge in [-0.05, 0) is 6.42 Å². The van der Waals surface area contributed by atoms with Gasteiger partial charge in [-0.25, -0.2) is 0 Å². The molecule has 56 valence electrons. The van der Waals surface area contributed by atoms with Crippen LogP contribution in [0.5, 0.6) is 0 Å². The highest BCUT2D eigenvalue weighted by molar-refractivity contribution is 6.24. The molecule has 0 fully saturated rings. The molecule has 0 aromatic heterocycles. The van der Waals surface area contributed by atoms with E-state index in [1.54, 1.807) is 6.92 Å². The van der Waals surface area contributed by atoms with Crippen LogP contribution in [0.3, 0.4) is 0 Å². The molecular formula is C7H10O3. The van der Waals surface area contributed by atoms with Gasteiger partial charge in [0.2, 0.25) is 0 Å². The first-order valence-electron chi connectivity index (χ1n) is 3.14. The molecule has 0 saturated heterocycles. The Kier molecular flexibility index (Phi) is 4.37. The van der Waals surface area contributed by atoms with Gasteiger partial charge in [-0.2, -0.15) is 0 Å². The van der Waals surface area contributed by atoms with E-state index in [2.05, 4.69) is 0 Å². The van der Waals surface area contributed by atoms with E-state index in [1.165, 1.54) is 0 Å². The van der Waals surface area contributed by atoms with Crippen molar-refractivity contribution in [3.8, 4) is 0 Å². The molecule has 0 rings (SSSR count). The van der Waals surface area contributed by atoms with E-state index in [0.717, 1.165) is 6.29 Å². The Bertz CT molecular complexity index is 140. The molecule has 0 saturated carbocycles. The van der Waals surface area contributed by atoms with Crippen LogP contribution in [-0.2, 0) is 14.4 Å². The molecule has 0 aromatic carbocycles. The van der Waals surface area contributed by atoms with Crippen molar-refractivity contribution in [2.75, 3.05) is 0 Å². The first kappa shape index (κ1) is 9.01. The van der Waals surface area contributed by atoms with Crippen LogP contribution in [0, 0.1) is 5.92 Å². The van der Waals surface area contributed by atoms with Crippen molar-refractivity contribution < 1.29 is 14.4 Å². The Morgan fingerprint density at radius 1 is 1.50 bits per heavy atom. The average Bonchev–Trinajstić information content (AvgIpc) is 1.99. The fraction of sp³-hybridized carbons (Fsp3) is 0.571. The molecule has 0 bridgehead atoms. The summed E-state index contributed by atoms with van der Waals surface area (Å²) in [5, 5.41) is 0. The van der Waals surface area contributed by atoms with Crippen LogP contribution in [-0.4, -0.2) is 18.4 Å². The number of rotatable bonds is 5. The van der Waals surface area contributed by atoms with Crippen LogP contribution in [0.15, 0.2) is 0 Å². The number of ketones is 1. The van der Waals surface area contributed by atoms with Crippen molar-refractivity contribution in [1.82, 2.24) is 0 Å². The predicted octanol–water partition coefficient (Wildman–Crippen LogP) is 0.370. The molecule has 0 heterocycles. The number of carbonyl (C=O) groups is 3. The normalized spacial score (nSPS) is 12.1. The van der Waals surface area contributed by atoms with Gasteiger partial charge >= 0.3 is 0 Å². The molecule has 0 aliphatic heterocycles. The van der Waals surface area contributed by atoms with Crippen LogP contribution in [0.4, 0.5) is 0 Å². The van der Waals surface area contributed by atoms with E-state index >= 15 is 0 Å². The molecule has 1 unspecified atom stereocenters. The summed E-state index contributed by atoms with van der Waals surface area (Å²) < 4.78 is 0. The van der Waals surface area contributed by atoms with Crippen LogP contribution < -0.4 is 0 Å². The monoisotopic (exact) mass is 142 g/mol. The Morgan fingerprint density at radius 2 is 2.10 bits per heavy atom. The fourth-order valence-electron chi connectivity index (χ4n) is 0.497. The van der Waals surface area contributed by atoms with Gasteiger partial charge in [-0.1, -0.05) is 6.92 Å². The van der Waals surface area contributed by atoms with Gasteiger partial charge in [-0.15, -0.1) is 0 Å². The maximum Gasteiger partial charge on any atom is 0.195 e. The molecule has 3 nitrogen and oxygen atoms in total. The summed E-state index contributed by atoms with van der Waals surface area (Å²) in [6, 6.07) is 0. The van der Waals surface area contributed by atoms with Crippen molar-refractivity contribution in [3.05, 3.63) is 0 Å². The third-order valence-electron chi connectivity index (χ3n) is 1.21. The van der Waals surface area contributed by atoms with Gasteiger partial charge in [0.1, 0.15) is 6.29 Å². The van der Waals surface area contributed by atoms with E-state index in [4.69, 9.17) is 0 Å². The molecular weight excluding hydrogens is 132 g/mol. The van der Waals surface area contributed by atoms with E-state index in [-0.39, 0.29) is 18.6 Å². The molecule has 0 N–H and O–H groups in total. The summed E-state index contributed by atoms with van der Waals surface area (Å²) in [4.78, 5) is 30.1. The van der Waals surface area contributed by atoms with Crippen LogP contribution in [0.2, 0.25) is 0 Å². The van der Waals surface area contributed by atoms with E-state index in [1.807, 2.05) is 0 Å². The summed E-state index contributed by atoms with van der Waals surface area (Å²) in [5.74, 6) is -0.558. The highest BCUT2D eigenvalue weighted by Gasteiger charge is 2.03. The summed E-state index contributed by atoms with van der Waals surface area (Å²) in [5.41, 5.74) is 0. The van der Waals surface area contributed by atoms with Crippen LogP contribution >= 0.6 is 0 Å². The van der Waals surface area contributed by atoms with Gasteiger partial charge in [0, 0.05) is 12.3 Å². The molecule has 0 aromatic rings. The van der Waals surface area contributed by atoms with Gasteiger partial charge in [0.15, 0.2) is 12.1 Å². The SMILES string of the molecule is CC(C=O)CCC(=O)C=O. The van der Waals surface area contributed by atoms with Crippen LogP contribution in [0.1, 0.15) is 19.8 Å². The lowest BCUT2D eigenvalue weighted by Crippen LogP contribution is -2.03. The predicted molar refractivity (Wildman–Crippen MR) is 35.5 cm³/mol. The Labute approximate surface area is 59.4 Å². The minimum atomic E-state index is -0.436. The first-order chi connectivity index (χ1) is 4.70.